The van der Waals surface area contributed by atoms with E-state index in [2.05, 4.69) is 20.9 Å². The summed E-state index contributed by atoms with van der Waals surface area (Å²) in [6.45, 7) is 5.57. The number of carbonyl (C=O) groups excluding carboxylic acids is 2. The van der Waals surface area contributed by atoms with E-state index in [4.69, 9.17) is 9.47 Å². The van der Waals surface area contributed by atoms with Crippen molar-refractivity contribution in [2.75, 3.05) is 52.5 Å². The monoisotopic (exact) mass is 444 g/mol. The molecule has 3 rings (SSSR count). The number of carbonyl (C=O) groups is 2. The van der Waals surface area contributed by atoms with Crippen LogP contribution in [0.3, 0.4) is 0 Å². The third kappa shape index (κ3) is 7.82. The van der Waals surface area contributed by atoms with Crippen molar-refractivity contribution in [2.24, 2.45) is 0 Å². The predicted octanol–water partition coefficient (Wildman–Crippen LogP) is 1.77. The van der Waals surface area contributed by atoms with E-state index in [0.29, 0.717) is 13.2 Å². The van der Waals surface area contributed by atoms with E-state index < -0.39 is 11.7 Å². The second-order valence-corrected chi connectivity index (χ2v) is 7.30. The first-order chi connectivity index (χ1) is 15.6. The van der Waals surface area contributed by atoms with Crippen molar-refractivity contribution in [3.05, 3.63) is 65.5 Å². The molecule has 32 heavy (non-hydrogen) atoms. The Morgan fingerprint density at radius 2 is 1.78 bits per heavy atom. The van der Waals surface area contributed by atoms with E-state index >= 15 is 0 Å². The number of urea groups is 1. The summed E-state index contributed by atoms with van der Waals surface area (Å²) in [5.41, 5.74) is 0.890. The number of halogens is 1. The minimum absolute atomic E-state index is 0.0241. The zero-order chi connectivity index (χ0) is 22.6. The van der Waals surface area contributed by atoms with Crippen LogP contribution in [0.25, 0.3) is 0 Å². The zero-order valence-corrected chi connectivity index (χ0v) is 17.9. The Morgan fingerprint density at radius 3 is 2.59 bits per heavy atom. The van der Waals surface area contributed by atoms with Crippen LogP contribution in [0.4, 0.5) is 9.18 Å². The molecule has 2 aromatic rings. The van der Waals surface area contributed by atoms with E-state index in [9.17, 15) is 14.0 Å². The smallest absolute Gasteiger partial charge is 0.315 e. The lowest BCUT2D eigenvalue weighted by Crippen LogP contribution is -2.40. The van der Waals surface area contributed by atoms with Crippen molar-refractivity contribution in [3.8, 4) is 5.75 Å². The van der Waals surface area contributed by atoms with Gasteiger partial charge in [-0.3, -0.25) is 9.69 Å². The molecule has 1 aliphatic heterocycles. The highest BCUT2D eigenvalue weighted by Crippen LogP contribution is 2.13. The molecule has 0 spiro atoms. The molecule has 1 heterocycles. The minimum Gasteiger partial charge on any atom is -0.492 e. The Balaban J connectivity index is 1.31. The van der Waals surface area contributed by atoms with Gasteiger partial charge in [0, 0.05) is 39.3 Å². The van der Waals surface area contributed by atoms with Crippen molar-refractivity contribution < 1.29 is 23.5 Å². The molecule has 172 valence electrons. The van der Waals surface area contributed by atoms with E-state index in [-0.39, 0.29) is 24.7 Å². The molecule has 0 radical (unpaired) electrons. The molecule has 0 saturated carbocycles. The van der Waals surface area contributed by atoms with Crippen LogP contribution in [-0.4, -0.2) is 69.4 Å². The average Bonchev–Trinajstić information content (AvgIpc) is 2.82. The van der Waals surface area contributed by atoms with Crippen molar-refractivity contribution in [1.82, 2.24) is 20.9 Å². The second-order valence-electron chi connectivity index (χ2n) is 7.30. The van der Waals surface area contributed by atoms with E-state index in [0.717, 1.165) is 44.2 Å². The van der Waals surface area contributed by atoms with Crippen molar-refractivity contribution in [1.29, 1.82) is 0 Å². The molecule has 8 nitrogen and oxygen atoms in total. The number of hydrogen-bond donors (Lipinski definition) is 3. The maximum absolute atomic E-state index is 13.6. The molecule has 1 fully saturated rings. The van der Waals surface area contributed by atoms with Gasteiger partial charge in [-0.15, -0.1) is 0 Å². The van der Waals surface area contributed by atoms with Crippen LogP contribution in [0.5, 0.6) is 5.75 Å². The third-order valence-electron chi connectivity index (χ3n) is 4.95. The summed E-state index contributed by atoms with van der Waals surface area (Å²) in [6.07, 6.45) is 0. The number of ether oxygens (including phenoxy) is 2. The second kappa shape index (κ2) is 12.6. The van der Waals surface area contributed by atoms with E-state index in [1.54, 1.807) is 6.07 Å². The number of morpholine rings is 1. The van der Waals surface area contributed by atoms with Gasteiger partial charge in [0.05, 0.1) is 18.8 Å². The number of amides is 3. The Labute approximate surface area is 187 Å². The largest absolute Gasteiger partial charge is 0.492 e. The van der Waals surface area contributed by atoms with Gasteiger partial charge in [-0.25, -0.2) is 9.18 Å². The topological polar surface area (TPSA) is 91.9 Å². The van der Waals surface area contributed by atoms with Crippen LogP contribution in [0.1, 0.15) is 15.9 Å². The van der Waals surface area contributed by atoms with Crippen LogP contribution in [-0.2, 0) is 11.3 Å². The fourth-order valence-corrected chi connectivity index (χ4v) is 3.20. The van der Waals surface area contributed by atoms with Gasteiger partial charge >= 0.3 is 6.03 Å². The quantitative estimate of drug-likeness (QED) is 0.486. The number of rotatable bonds is 10. The summed E-state index contributed by atoms with van der Waals surface area (Å²) in [4.78, 5) is 26.2. The lowest BCUT2D eigenvalue weighted by Gasteiger charge is -2.26. The van der Waals surface area contributed by atoms with Gasteiger partial charge < -0.3 is 25.4 Å². The average molecular weight is 445 g/mol. The molecular formula is C23H29FN4O4. The number of nitrogens with zero attached hydrogens (tertiary/aromatic N) is 1. The normalized spacial score (nSPS) is 13.9. The molecule has 1 saturated heterocycles. The van der Waals surface area contributed by atoms with Gasteiger partial charge in [-0.05, 0) is 29.8 Å². The highest BCUT2D eigenvalue weighted by molar-refractivity contribution is 5.94. The summed E-state index contributed by atoms with van der Waals surface area (Å²) < 4.78 is 24.7. The Kier molecular flexibility index (Phi) is 9.27. The van der Waals surface area contributed by atoms with Gasteiger partial charge in [-0.1, -0.05) is 24.3 Å². The minimum atomic E-state index is -0.581. The Bertz CT molecular complexity index is 890. The van der Waals surface area contributed by atoms with Crippen LogP contribution in [0, 0.1) is 5.82 Å². The first-order valence-corrected chi connectivity index (χ1v) is 10.7. The predicted molar refractivity (Wildman–Crippen MR) is 118 cm³/mol. The van der Waals surface area contributed by atoms with Gasteiger partial charge in [0.15, 0.2) is 0 Å². The molecule has 1 aliphatic rings. The third-order valence-corrected chi connectivity index (χ3v) is 4.95. The molecular weight excluding hydrogens is 415 g/mol. The SMILES string of the molecule is O=C(NCCNC(=O)c1ccccc1F)NCc1cccc(OCCN2CCOCC2)c1. The summed E-state index contributed by atoms with van der Waals surface area (Å²) in [5, 5.41) is 7.99. The summed E-state index contributed by atoms with van der Waals surface area (Å²) in [6, 6.07) is 13.0. The maximum atomic E-state index is 13.6. The Morgan fingerprint density at radius 1 is 1.00 bits per heavy atom. The molecule has 0 aromatic heterocycles. The van der Waals surface area contributed by atoms with E-state index in [1.807, 2.05) is 24.3 Å². The number of hydrogen-bond acceptors (Lipinski definition) is 5. The summed E-state index contributed by atoms with van der Waals surface area (Å²) >= 11 is 0. The lowest BCUT2D eigenvalue weighted by molar-refractivity contribution is 0.0322. The molecule has 3 N–H and O–H groups in total. The number of benzene rings is 2. The molecule has 9 heteroatoms. The first kappa shape index (κ1) is 23.5. The van der Waals surface area contributed by atoms with Crippen LogP contribution >= 0.6 is 0 Å². The molecule has 0 unspecified atom stereocenters. The summed E-state index contributed by atoms with van der Waals surface area (Å²) in [5.74, 6) is -0.340. The Hall–Kier alpha value is -3.17. The number of nitrogens with one attached hydrogen (secondary N) is 3. The van der Waals surface area contributed by atoms with Crippen molar-refractivity contribution in [3.63, 3.8) is 0 Å². The highest BCUT2D eigenvalue weighted by Gasteiger charge is 2.11. The standard InChI is InChI=1S/C23H29FN4O4/c24-21-7-2-1-6-20(21)22(29)25-8-9-26-23(30)27-17-18-4-3-5-19(16-18)32-15-12-28-10-13-31-14-11-28/h1-7,16H,8-15,17H2,(H,25,29)(H2,26,27,30). The molecule has 0 aliphatic carbocycles. The lowest BCUT2D eigenvalue weighted by atomic mass is 10.2. The highest BCUT2D eigenvalue weighted by atomic mass is 19.1. The van der Waals surface area contributed by atoms with Gasteiger partial charge in [0.1, 0.15) is 18.2 Å². The van der Waals surface area contributed by atoms with Crippen molar-refractivity contribution in [2.45, 2.75) is 6.54 Å². The molecule has 3 amide bonds. The maximum Gasteiger partial charge on any atom is 0.315 e. The fourth-order valence-electron chi connectivity index (χ4n) is 3.20. The fraction of sp³-hybridized carbons (Fsp3) is 0.391. The van der Waals surface area contributed by atoms with Gasteiger partial charge in [0.2, 0.25) is 0 Å². The summed E-state index contributed by atoms with van der Waals surface area (Å²) in [7, 11) is 0. The van der Waals surface area contributed by atoms with Crippen LogP contribution in [0.2, 0.25) is 0 Å². The van der Waals surface area contributed by atoms with Gasteiger partial charge in [0.25, 0.3) is 5.91 Å². The first-order valence-electron chi connectivity index (χ1n) is 10.7. The molecule has 2 aromatic carbocycles. The van der Waals surface area contributed by atoms with Crippen LogP contribution in [0.15, 0.2) is 48.5 Å². The van der Waals surface area contributed by atoms with Crippen LogP contribution < -0.4 is 20.7 Å². The molecule has 0 bridgehead atoms. The zero-order valence-electron chi connectivity index (χ0n) is 17.9. The molecule has 0 atom stereocenters. The van der Waals surface area contributed by atoms with Crippen molar-refractivity contribution >= 4 is 11.9 Å². The van der Waals surface area contributed by atoms with E-state index in [1.165, 1.54) is 18.2 Å². The van der Waals surface area contributed by atoms with Gasteiger partial charge in [-0.2, -0.15) is 0 Å².